The fourth-order valence-corrected chi connectivity index (χ4v) is 2.21. The number of hydrogen-bond acceptors (Lipinski definition) is 3. The van der Waals surface area contributed by atoms with Crippen LogP contribution in [0.4, 0.5) is 5.69 Å². The number of aromatic carboxylic acids is 1. The largest absolute Gasteiger partial charge is 0.478 e. The number of ether oxygens (including phenoxy) is 1. The first-order chi connectivity index (χ1) is 8.95. The number of nitrogens with zero attached hydrogens (tertiary/aromatic N) is 1. The van der Waals surface area contributed by atoms with Crippen molar-refractivity contribution in [2.24, 2.45) is 0 Å². The molecule has 0 aliphatic carbocycles. The Morgan fingerprint density at radius 2 is 2.16 bits per heavy atom. The van der Waals surface area contributed by atoms with Gasteiger partial charge in [-0.05, 0) is 38.5 Å². The molecule has 1 N–H and O–H groups in total. The molecule has 1 atom stereocenters. The molecular formula is C14H17NO4. The van der Waals surface area contributed by atoms with Gasteiger partial charge in [0.2, 0.25) is 0 Å². The molecule has 0 spiro atoms. The van der Waals surface area contributed by atoms with Crippen LogP contribution in [0.1, 0.15) is 37.6 Å². The number of carboxylic acid groups (broad SMARTS) is 1. The van der Waals surface area contributed by atoms with Crippen LogP contribution in [0.3, 0.4) is 0 Å². The predicted molar refractivity (Wildman–Crippen MR) is 70.7 cm³/mol. The minimum atomic E-state index is -1.01. The van der Waals surface area contributed by atoms with Crippen molar-refractivity contribution in [3.05, 3.63) is 23.8 Å². The van der Waals surface area contributed by atoms with Crippen LogP contribution >= 0.6 is 0 Å². The lowest BCUT2D eigenvalue weighted by molar-refractivity contribution is -0.126. The molecule has 2 rings (SSSR count). The van der Waals surface area contributed by atoms with Crippen LogP contribution in [0.15, 0.2) is 18.2 Å². The molecule has 0 radical (unpaired) electrons. The Labute approximate surface area is 111 Å². The number of rotatable bonds is 3. The Morgan fingerprint density at radius 3 is 2.68 bits per heavy atom. The molecule has 1 heterocycles. The summed E-state index contributed by atoms with van der Waals surface area (Å²) in [6, 6.07) is 4.59. The molecular weight excluding hydrogens is 246 g/mol. The van der Waals surface area contributed by atoms with Crippen molar-refractivity contribution >= 4 is 17.6 Å². The molecule has 19 heavy (non-hydrogen) atoms. The summed E-state index contributed by atoms with van der Waals surface area (Å²) in [4.78, 5) is 24.9. The summed E-state index contributed by atoms with van der Waals surface area (Å²) in [5.41, 5.74) is 0.793. The second-order valence-corrected chi connectivity index (χ2v) is 4.80. The fourth-order valence-electron chi connectivity index (χ4n) is 2.21. The molecule has 0 saturated carbocycles. The molecule has 0 aromatic heterocycles. The highest BCUT2D eigenvalue weighted by Crippen LogP contribution is 2.36. The van der Waals surface area contributed by atoms with Gasteiger partial charge in [0.15, 0.2) is 6.10 Å². The van der Waals surface area contributed by atoms with Crippen LogP contribution in [0.25, 0.3) is 0 Å². The SMILES string of the molecule is CC[C@@H]1Oc2cc(C(=O)O)ccc2N(C(C)C)C1=O. The van der Waals surface area contributed by atoms with Crippen molar-refractivity contribution in [2.45, 2.75) is 39.3 Å². The topological polar surface area (TPSA) is 66.8 Å². The molecule has 1 amide bonds. The van der Waals surface area contributed by atoms with Gasteiger partial charge in [0.05, 0.1) is 11.3 Å². The predicted octanol–water partition coefficient (Wildman–Crippen LogP) is 2.30. The first-order valence-corrected chi connectivity index (χ1v) is 6.32. The maximum Gasteiger partial charge on any atom is 0.335 e. The van der Waals surface area contributed by atoms with Gasteiger partial charge in [-0.15, -0.1) is 0 Å². The summed E-state index contributed by atoms with van der Waals surface area (Å²) in [5, 5.41) is 9.00. The molecule has 1 aromatic carbocycles. The Kier molecular flexibility index (Phi) is 3.46. The second-order valence-electron chi connectivity index (χ2n) is 4.80. The van der Waals surface area contributed by atoms with Crippen LogP contribution in [-0.4, -0.2) is 29.1 Å². The lowest BCUT2D eigenvalue weighted by Gasteiger charge is -2.36. The highest BCUT2D eigenvalue weighted by Gasteiger charge is 2.35. The van der Waals surface area contributed by atoms with Gasteiger partial charge < -0.3 is 14.7 Å². The highest BCUT2D eigenvalue weighted by atomic mass is 16.5. The van der Waals surface area contributed by atoms with Crippen molar-refractivity contribution in [1.82, 2.24) is 0 Å². The van der Waals surface area contributed by atoms with Gasteiger partial charge in [-0.2, -0.15) is 0 Å². The van der Waals surface area contributed by atoms with Gasteiger partial charge in [0.25, 0.3) is 5.91 Å². The number of benzene rings is 1. The first-order valence-electron chi connectivity index (χ1n) is 6.32. The number of carboxylic acids is 1. The molecule has 5 nitrogen and oxygen atoms in total. The normalized spacial score (nSPS) is 18.2. The Bertz CT molecular complexity index is 524. The molecule has 1 aliphatic rings. The van der Waals surface area contributed by atoms with Crippen molar-refractivity contribution < 1.29 is 19.4 Å². The number of amides is 1. The third-order valence-electron chi connectivity index (χ3n) is 3.14. The first kappa shape index (κ1) is 13.4. The summed E-state index contributed by atoms with van der Waals surface area (Å²) in [7, 11) is 0. The van der Waals surface area contributed by atoms with E-state index in [1.807, 2.05) is 20.8 Å². The quantitative estimate of drug-likeness (QED) is 0.908. The molecule has 1 aromatic rings. The molecule has 5 heteroatoms. The van der Waals surface area contributed by atoms with E-state index in [0.29, 0.717) is 17.9 Å². The lowest BCUT2D eigenvalue weighted by atomic mass is 10.1. The van der Waals surface area contributed by atoms with Crippen LogP contribution in [0.2, 0.25) is 0 Å². The van der Waals surface area contributed by atoms with Gasteiger partial charge in [-0.1, -0.05) is 6.92 Å². The van der Waals surface area contributed by atoms with E-state index >= 15 is 0 Å². The van der Waals surface area contributed by atoms with E-state index in [1.54, 1.807) is 11.0 Å². The fraction of sp³-hybridized carbons (Fsp3) is 0.429. The number of hydrogen-bond donors (Lipinski definition) is 1. The van der Waals surface area contributed by atoms with Gasteiger partial charge in [0, 0.05) is 6.04 Å². The van der Waals surface area contributed by atoms with Gasteiger partial charge >= 0.3 is 5.97 Å². The zero-order chi connectivity index (χ0) is 14.2. The average molecular weight is 263 g/mol. The smallest absolute Gasteiger partial charge is 0.335 e. The number of anilines is 1. The van der Waals surface area contributed by atoms with E-state index in [4.69, 9.17) is 9.84 Å². The Morgan fingerprint density at radius 1 is 1.47 bits per heavy atom. The summed E-state index contributed by atoms with van der Waals surface area (Å²) < 4.78 is 5.61. The maximum absolute atomic E-state index is 12.3. The third kappa shape index (κ3) is 2.28. The van der Waals surface area contributed by atoms with E-state index in [2.05, 4.69) is 0 Å². The molecule has 0 saturated heterocycles. The molecule has 0 fully saturated rings. The number of fused-ring (bicyclic) bond motifs is 1. The Hall–Kier alpha value is -2.04. The third-order valence-corrected chi connectivity index (χ3v) is 3.14. The molecule has 0 unspecified atom stereocenters. The summed E-state index contributed by atoms with van der Waals surface area (Å²) in [6.07, 6.45) is 0.0117. The average Bonchev–Trinajstić information content (AvgIpc) is 2.36. The molecule has 0 bridgehead atoms. The van der Waals surface area contributed by atoms with Gasteiger partial charge in [-0.3, -0.25) is 4.79 Å². The van der Waals surface area contributed by atoms with E-state index in [0.717, 1.165) is 0 Å². The minimum Gasteiger partial charge on any atom is -0.478 e. The minimum absolute atomic E-state index is 0.000113. The van der Waals surface area contributed by atoms with E-state index in [-0.39, 0.29) is 17.5 Å². The van der Waals surface area contributed by atoms with Crippen molar-refractivity contribution in [3.8, 4) is 5.75 Å². The van der Waals surface area contributed by atoms with Crippen molar-refractivity contribution in [2.75, 3.05) is 4.90 Å². The number of carbonyl (C=O) groups is 2. The molecule has 102 valence electrons. The molecule has 1 aliphatic heterocycles. The zero-order valence-corrected chi connectivity index (χ0v) is 11.2. The van der Waals surface area contributed by atoms with E-state index < -0.39 is 12.1 Å². The van der Waals surface area contributed by atoms with Crippen LogP contribution in [0, 0.1) is 0 Å². The van der Waals surface area contributed by atoms with Crippen LogP contribution < -0.4 is 9.64 Å². The Balaban J connectivity index is 2.51. The van der Waals surface area contributed by atoms with Crippen LogP contribution in [0.5, 0.6) is 5.75 Å². The van der Waals surface area contributed by atoms with E-state index in [9.17, 15) is 9.59 Å². The highest BCUT2D eigenvalue weighted by molar-refractivity contribution is 6.01. The second kappa shape index (κ2) is 4.91. The summed E-state index contributed by atoms with van der Waals surface area (Å²) in [5.74, 6) is -0.624. The van der Waals surface area contributed by atoms with Gasteiger partial charge in [-0.25, -0.2) is 4.79 Å². The monoisotopic (exact) mass is 263 g/mol. The van der Waals surface area contributed by atoms with Crippen molar-refractivity contribution in [1.29, 1.82) is 0 Å². The zero-order valence-electron chi connectivity index (χ0n) is 11.2. The number of carbonyl (C=O) groups excluding carboxylic acids is 1. The lowest BCUT2D eigenvalue weighted by Crippen LogP contribution is -2.48. The van der Waals surface area contributed by atoms with Gasteiger partial charge in [0.1, 0.15) is 5.75 Å². The van der Waals surface area contributed by atoms with Crippen LogP contribution in [-0.2, 0) is 4.79 Å². The van der Waals surface area contributed by atoms with E-state index in [1.165, 1.54) is 12.1 Å². The maximum atomic E-state index is 12.3. The van der Waals surface area contributed by atoms with Crippen molar-refractivity contribution in [3.63, 3.8) is 0 Å². The summed E-state index contributed by atoms with van der Waals surface area (Å²) in [6.45, 7) is 5.71. The standard InChI is InChI=1S/C14H17NO4/c1-4-11-13(16)15(8(2)3)10-6-5-9(14(17)18)7-12(10)19-11/h5-8,11H,4H2,1-3H3,(H,17,18)/t11-/m0/s1. The summed E-state index contributed by atoms with van der Waals surface area (Å²) >= 11 is 0.